The number of ether oxygens (including phenoxy) is 1. The van der Waals surface area contributed by atoms with Crippen molar-refractivity contribution in [2.75, 3.05) is 7.11 Å². The maximum Gasteiger partial charge on any atom is 0.332 e. The molecule has 0 aliphatic carbocycles. The molecule has 0 bridgehead atoms. The fourth-order valence-electron chi connectivity index (χ4n) is 3.54. The Morgan fingerprint density at radius 3 is 2.61 bits per heavy atom. The molecule has 11 heteroatoms. The molecule has 0 atom stereocenters. The minimum Gasteiger partial charge on any atom is -0.481 e. The van der Waals surface area contributed by atoms with Crippen LogP contribution in [-0.2, 0) is 24.4 Å². The van der Waals surface area contributed by atoms with E-state index in [1.165, 1.54) is 9.13 Å². The number of amides is 1. The number of nitrogens with zero attached hydrogens (tertiary/aromatic N) is 4. The minimum atomic E-state index is -0.447. The molecule has 0 unspecified atom stereocenters. The summed E-state index contributed by atoms with van der Waals surface area (Å²) in [6, 6.07) is 3.57. The lowest BCUT2D eigenvalue weighted by Gasteiger charge is -2.11. The zero-order valence-corrected chi connectivity index (χ0v) is 19.7. The van der Waals surface area contributed by atoms with Gasteiger partial charge < -0.3 is 15.0 Å². The van der Waals surface area contributed by atoms with E-state index in [1.807, 2.05) is 6.07 Å². The van der Waals surface area contributed by atoms with Crippen molar-refractivity contribution in [3.8, 4) is 5.88 Å². The van der Waals surface area contributed by atoms with Crippen LogP contribution in [0.5, 0.6) is 5.88 Å². The first-order chi connectivity index (χ1) is 15.9. The number of rotatable bonds is 12. The Morgan fingerprint density at radius 2 is 1.91 bits per heavy atom. The number of hydrogen-bond donors (Lipinski definition) is 2. The van der Waals surface area contributed by atoms with E-state index in [-0.39, 0.29) is 28.9 Å². The number of pyridine rings is 1. The van der Waals surface area contributed by atoms with Gasteiger partial charge in [-0.15, -0.1) is 0 Å². The molecule has 3 aromatic rings. The van der Waals surface area contributed by atoms with Crippen molar-refractivity contribution < 1.29 is 9.53 Å². The Kier molecular flexibility index (Phi) is 8.65. The van der Waals surface area contributed by atoms with Crippen molar-refractivity contribution in [2.24, 2.45) is 0 Å². The number of nitrogens with one attached hydrogen (secondary N) is 2. The number of unbranched alkanes of at least 4 members (excludes halogenated alkanes) is 3. The zero-order valence-electron chi connectivity index (χ0n) is 18.9. The lowest BCUT2D eigenvalue weighted by atomic mass is 10.2. The minimum absolute atomic E-state index is 0.0761. The second-order valence-electron chi connectivity index (χ2n) is 7.77. The normalized spacial score (nSPS) is 11.1. The highest BCUT2D eigenvalue weighted by Crippen LogP contribution is 2.11. The lowest BCUT2D eigenvalue weighted by Crippen LogP contribution is -2.40. The molecular weight excluding hydrogens is 448 g/mol. The summed E-state index contributed by atoms with van der Waals surface area (Å²) >= 11 is 5.96. The quantitative estimate of drug-likeness (QED) is 0.306. The van der Waals surface area contributed by atoms with Gasteiger partial charge in [0.2, 0.25) is 17.1 Å². The molecule has 10 nitrogen and oxygen atoms in total. The van der Waals surface area contributed by atoms with Gasteiger partial charge in [-0.05, 0) is 36.4 Å². The van der Waals surface area contributed by atoms with Gasteiger partial charge in [-0.25, -0.2) is 9.78 Å². The fourth-order valence-corrected chi connectivity index (χ4v) is 3.71. The van der Waals surface area contributed by atoms with Gasteiger partial charge in [0, 0.05) is 38.3 Å². The highest BCUT2D eigenvalue weighted by atomic mass is 35.5. The first-order valence-electron chi connectivity index (χ1n) is 11.1. The predicted octanol–water partition coefficient (Wildman–Crippen LogP) is 2.62. The monoisotopic (exact) mass is 476 g/mol. The van der Waals surface area contributed by atoms with Gasteiger partial charge in [-0.1, -0.05) is 25.8 Å². The molecule has 0 aliphatic rings. The number of fused-ring (bicyclic) bond motifs is 1. The highest BCUT2D eigenvalue weighted by molar-refractivity contribution is 6.28. The number of carbonyl (C=O) groups is 1. The van der Waals surface area contributed by atoms with E-state index in [2.05, 4.69) is 27.2 Å². The number of aromatic nitrogens is 5. The molecule has 0 saturated heterocycles. The van der Waals surface area contributed by atoms with E-state index < -0.39 is 11.2 Å². The second-order valence-corrected chi connectivity index (χ2v) is 8.12. The van der Waals surface area contributed by atoms with Crippen LogP contribution >= 0.6 is 11.6 Å². The third-order valence-corrected chi connectivity index (χ3v) is 5.53. The molecule has 178 valence electrons. The van der Waals surface area contributed by atoms with E-state index in [9.17, 15) is 14.4 Å². The summed E-state index contributed by atoms with van der Waals surface area (Å²) in [4.78, 5) is 48.9. The van der Waals surface area contributed by atoms with E-state index in [0.29, 0.717) is 38.2 Å². The molecular formula is C22H29ClN6O4. The summed E-state index contributed by atoms with van der Waals surface area (Å²) in [5, 5.41) is 2.92. The van der Waals surface area contributed by atoms with E-state index >= 15 is 0 Å². The van der Waals surface area contributed by atoms with E-state index in [1.54, 1.807) is 19.4 Å². The van der Waals surface area contributed by atoms with Crippen LogP contribution in [0.3, 0.4) is 0 Å². The van der Waals surface area contributed by atoms with Gasteiger partial charge in [-0.2, -0.15) is 4.98 Å². The number of H-pyrrole nitrogens is 1. The number of methoxy groups -OCH3 is 1. The van der Waals surface area contributed by atoms with Gasteiger partial charge >= 0.3 is 5.69 Å². The van der Waals surface area contributed by atoms with Crippen molar-refractivity contribution >= 4 is 28.7 Å². The summed E-state index contributed by atoms with van der Waals surface area (Å²) in [6.07, 6.45) is 5.77. The fraction of sp³-hybridized carbons (Fsp3) is 0.500. The maximum absolute atomic E-state index is 13.0. The van der Waals surface area contributed by atoms with Crippen molar-refractivity contribution in [3.05, 3.63) is 50.0 Å². The molecule has 0 aliphatic heterocycles. The number of aromatic amines is 1. The molecule has 0 aromatic carbocycles. The number of hydrogen-bond acceptors (Lipinski definition) is 6. The summed E-state index contributed by atoms with van der Waals surface area (Å²) in [6.45, 7) is 3.13. The second kappa shape index (κ2) is 11.6. The highest BCUT2D eigenvalue weighted by Gasteiger charge is 2.16. The van der Waals surface area contributed by atoms with Crippen LogP contribution in [0.1, 0.15) is 51.0 Å². The molecule has 0 spiro atoms. The molecule has 1 amide bonds. The lowest BCUT2D eigenvalue weighted by molar-refractivity contribution is -0.121. The van der Waals surface area contributed by atoms with Crippen LogP contribution in [-0.4, -0.2) is 37.1 Å². The first-order valence-corrected chi connectivity index (χ1v) is 11.5. The number of halogens is 1. The van der Waals surface area contributed by atoms with E-state index in [0.717, 1.165) is 24.8 Å². The average Bonchev–Trinajstić information content (AvgIpc) is 3.21. The largest absolute Gasteiger partial charge is 0.481 e. The Morgan fingerprint density at radius 1 is 1.15 bits per heavy atom. The van der Waals surface area contributed by atoms with Crippen molar-refractivity contribution in [3.63, 3.8) is 0 Å². The molecule has 0 fully saturated rings. The number of imidazole rings is 1. The van der Waals surface area contributed by atoms with Crippen molar-refractivity contribution in [2.45, 2.75) is 65.1 Å². The summed E-state index contributed by atoms with van der Waals surface area (Å²) in [5.41, 5.74) is 0.531. The maximum atomic E-state index is 13.0. The Hall–Kier alpha value is -3.14. The van der Waals surface area contributed by atoms with Gasteiger partial charge in [0.05, 0.1) is 7.11 Å². The molecule has 3 aromatic heterocycles. The van der Waals surface area contributed by atoms with Crippen LogP contribution in [0, 0.1) is 0 Å². The topological polar surface area (TPSA) is 124 Å². The Bertz CT molecular complexity index is 1200. The Balaban J connectivity index is 1.58. The SMILES string of the molecule is CCCCCn1c(=O)n(CCCCC(=O)NCc2ccc(OC)nc2)c(=O)c2[nH]c(Cl)nc21. The third kappa shape index (κ3) is 6.22. The van der Waals surface area contributed by atoms with Crippen LogP contribution in [0.15, 0.2) is 27.9 Å². The molecule has 3 heterocycles. The summed E-state index contributed by atoms with van der Waals surface area (Å²) in [5.74, 6) is 0.409. The van der Waals surface area contributed by atoms with Gasteiger partial charge in [-0.3, -0.25) is 18.7 Å². The van der Waals surface area contributed by atoms with Crippen LogP contribution in [0.25, 0.3) is 11.2 Å². The number of carbonyl (C=O) groups excluding carboxylic acids is 1. The van der Waals surface area contributed by atoms with E-state index in [4.69, 9.17) is 16.3 Å². The summed E-state index contributed by atoms with van der Waals surface area (Å²) in [7, 11) is 1.54. The van der Waals surface area contributed by atoms with Gasteiger partial charge in [0.25, 0.3) is 5.56 Å². The third-order valence-electron chi connectivity index (χ3n) is 5.35. The smallest absolute Gasteiger partial charge is 0.332 e. The molecule has 3 rings (SSSR count). The van der Waals surface area contributed by atoms with Crippen LogP contribution < -0.4 is 21.3 Å². The predicted molar refractivity (Wildman–Crippen MR) is 126 cm³/mol. The average molecular weight is 477 g/mol. The van der Waals surface area contributed by atoms with Crippen molar-refractivity contribution in [1.82, 2.24) is 29.4 Å². The zero-order chi connectivity index (χ0) is 23.8. The number of aryl methyl sites for hydroxylation is 1. The molecule has 0 radical (unpaired) electrons. The van der Waals surface area contributed by atoms with Crippen molar-refractivity contribution in [1.29, 1.82) is 0 Å². The Labute approximate surface area is 196 Å². The van der Waals surface area contributed by atoms with Gasteiger partial charge in [0.15, 0.2) is 11.2 Å². The standard InChI is InChI=1S/C22H29ClN6O4/c1-3-4-6-11-28-19-18(26-21(23)27-19)20(31)29(22(28)32)12-7-5-8-16(30)24-13-15-9-10-17(33-2)25-14-15/h9-10,14H,3-8,11-13H2,1-2H3,(H,24,30)(H,26,27). The molecule has 33 heavy (non-hydrogen) atoms. The first kappa shape index (κ1) is 24.5. The summed E-state index contributed by atoms with van der Waals surface area (Å²) < 4.78 is 7.71. The van der Waals surface area contributed by atoms with Crippen LogP contribution in [0.4, 0.5) is 0 Å². The van der Waals surface area contributed by atoms with Crippen LogP contribution in [0.2, 0.25) is 5.28 Å². The molecule has 0 saturated carbocycles. The molecule has 2 N–H and O–H groups in total. The van der Waals surface area contributed by atoms with Gasteiger partial charge in [0.1, 0.15) is 0 Å².